The molecule has 7 heteroatoms. The lowest BCUT2D eigenvalue weighted by Crippen LogP contribution is -2.54. The van der Waals surface area contributed by atoms with Crippen LogP contribution in [0.5, 0.6) is 0 Å². The van der Waals surface area contributed by atoms with E-state index in [0.29, 0.717) is 24.3 Å². The van der Waals surface area contributed by atoms with Gasteiger partial charge in [-0.25, -0.2) is 0 Å². The van der Waals surface area contributed by atoms with Crippen LogP contribution in [0, 0.1) is 17.8 Å². The molecule has 3 aliphatic heterocycles. The third kappa shape index (κ3) is 5.57. The maximum absolute atomic E-state index is 12.6. The van der Waals surface area contributed by atoms with E-state index in [4.69, 9.17) is 0 Å². The number of nitrogens with one attached hydrogen (secondary N) is 1. The van der Waals surface area contributed by atoms with Crippen LogP contribution < -0.4 is 5.32 Å². The summed E-state index contributed by atoms with van der Waals surface area (Å²) in [5.41, 5.74) is 0. The number of nitrogens with zero attached hydrogens (tertiary/aromatic N) is 3. The first kappa shape index (κ1) is 21.5. The molecule has 2 amide bonds. The molecule has 0 radical (unpaired) electrons. The molecule has 0 bridgehead atoms. The van der Waals surface area contributed by atoms with E-state index in [1.807, 2.05) is 9.80 Å². The molecule has 0 aromatic rings. The van der Waals surface area contributed by atoms with Crippen LogP contribution in [0.15, 0.2) is 0 Å². The molecule has 26 heavy (non-hydrogen) atoms. The largest absolute Gasteiger partial charge is 0.341 e. The Morgan fingerprint density at radius 1 is 0.923 bits per heavy atom. The van der Waals surface area contributed by atoms with Crippen molar-refractivity contribution in [2.24, 2.45) is 17.8 Å². The van der Waals surface area contributed by atoms with Gasteiger partial charge in [-0.1, -0.05) is 13.8 Å². The molecule has 6 nitrogen and oxygen atoms in total. The summed E-state index contributed by atoms with van der Waals surface area (Å²) in [5, 5.41) is 3.32. The van der Waals surface area contributed by atoms with E-state index in [9.17, 15) is 9.59 Å². The molecule has 0 spiro atoms. The zero-order chi connectivity index (χ0) is 17.8. The third-order valence-electron chi connectivity index (χ3n) is 5.95. The van der Waals surface area contributed by atoms with E-state index in [2.05, 4.69) is 24.1 Å². The lowest BCUT2D eigenvalue weighted by molar-refractivity contribution is -0.139. The lowest BCUT2D eigenvalue weighted by atomic mass is 9.92. The van der Waals surface area contributed by atoms with Crippen molar-refractivity contribution in [3.8, 4) is 0 Å². The van der Waals surface area contributed by atoms with Gasteiger partial charge >= 0.3 is 0 Å². The van der Waals surface area contributed by atoms with Gasteiger partial charge in [0.15, 0.2) is 0 Å². The number of carbonyl (C=O) groups is 2. The lowest BCUT2D eigenvalue weighted by Gasteiger charge is -2.39. The van der Waals surface area contributed by atoms with Gasteiger partial charge in [-0.3, -0.25) is 14.5 Å². The molecule has 0 aliphatic carbocycles. The predicted octanol–water partition coefficient (Wildman–Crippen LogP) is 1.06. The zero-order valence-electron chi connectivity index (χ0n) is 16.3. The number of hydrogen-bond acceptors (Lipinski definition) is 4. The van der Waals surface area contributed by atoms with Crippen molar-refractivity contribution in [3.63, 3.8) is 0 Å². The Kier molecular flexibility index (Phi) is 8.17. The molecule has 1 N–H and O–H groups in total. The van der Waals surface area contributed by atoms with Crippen LogP contribution in [0.25, 0.3) is 0 Å². The Bertz CT molecular complexity index is 466. The fourth-order valence-corrected chi connectivity index (χ4v) is 4.61. The number of amides is 2. The highest BCUT2D eigenvalue weighted by Gasteiger charge is 2.30. The number of piperidine rings is 2. The zero-order valence-corrected chi connectivity index (χ0v) is 17.1. The second-order valence-electron chi connectivity index (χ2n) is 8.37. The molecule has 3 fully saturated rings. The highest BCUT2D eigenvalue weighted by Crippen LogP contribution is 2.21. The van der Waals surface area contributed by atoms with E-state index in [1.54, 1.807) is 0 Å². The molecule has 3 saturated heterocycles. The van der Waals surface area contributed by atoms with Crippen LogP contribution in [0.4, 0.5) is 0 Å². The number of likely N-dealkylation sites (tertiary alicyclic amines) is 1. The fourth-order valence-electron chi connectivity index (χ4n) is 4.61. The van der Waals surface area contributed by atoms with Gasteiger partial charge in [0.2, 0.25) is 11.8 Å². The standard InChI is InChI=1S/C19H34N4O2.ClH/c1-15-11-16(2)13-23(12-15)18(24)14-21-7-9-22(10-8-21)19(25)17-3-5-20-6-4-17;/h15-17,20H,3-14H2,1-2H3;1H. The summed E-state index contributed by atoms with van der Waals surface area (Å²) in [6.45, 7) is 11.9. The Morgan fingerprint density at radius 2 is 1.50 bits per heavy atom. The normalized spacial score (nSPS) is 28.5. The van der Waals surface area contributed by atoms with Crippen LogP contribution in [0.1, 0.15) is 33.1 Å². The molecule has 0 saturated carbocycles. The van der Waals surface area contributed by atoms with Crippen molar-refractivity contribution in [2.75, 3.05) is 58.9 Å². The second-order valence-corrected chi connectivity index (χ2v) is 8.37. The SMILES string of the molecule is CC1CC(C)CN(C(=O)CN2CCN(C(=O)C3CCNCC3)CC2)C1.Cl. The first-order valence-corrected chi connectivity index (χ1v) is 10.0. The van der Waals surface area contributed by atoms with Gasteiger partial charge in [0.05, 0.1) is 6.54 Å². The number of piperazine rings is 1. The van der Waals surface area contributed by atoms with Crippen LogP contribution in [0.3, 0.4) is 0 Å². The van der Waals surface area contributed by atoms with Crippen molar-refractivity contribution < 1.29 is 9.59 Å². The highest BCUT2D eigenvalue weighted by molar-refractivity contribution is 5.85. The number of halogens is 1. The van der Waals surface area contributed by atoms with Crippen molar-refractivity contribution in [1.82, 2.24) is 20.0 Å². The molecule has 3 rings (SSSR count). The maximum Gasteiger partial charge on any atom is 0.236 e. The van der Waals surface area contributed by atoms with Gasteiger partial charge in [0, 0.05) is 45.2 Å². The molecule has 2 unspecified atom stereocenters. The van der Waals surface area contributed by atoms with Crippen molar-refractivity contribution >= 4 is 24.2 Å². The van der Waals surface area contributed by atoms with Crippen LogP contribution in [-0.4, -0.2) is 85.4 Å². The first-order chi connectivity index (χ1) is 12.0. The molecule has 150 valence electrons. The number of rotatable bonds is 3. The summed E-state index contributed by atoms with van der Waals surface area (Å²) in [6, 6.07) is 0. The third-order valence-corrected chi connectivity index (χ3v) is 5.95. The van der Waals surface area contributed by atoms with E-state index < -0.39 is 0 Å². The minimum Gasteiger partial charge on any atom is -0.341 e. The summed E-state index contributed by atoms with van der Waals surface area (Å²) >= 11 is 0. The molecular weight excluding hydrogens is 352 g/mol. The average molecular weight is 387 g/mol. The minimum absolute atomic E-state index is 0. The van der Waals surface area contributed by atoms with E-state index in [1.165, 1.54) is 6.42 Å². The summed E-state index contributed by atoms with van der Waals surface area (Å²) in [4.78, 5) is 31.5. The molecule has 0 aromatic heterocycles. The Labute approximate surface area is 164 Å². The maximum atomic E-state index is 12.6. The number of carbonyl (C=O) groups excluding carboxylic acids is 2. The van der Waals surface area contributed by atoms with Crippen molar-refractivity contribution in [2.45, 2.75) is 33.1 Å². The Balaban J connectivity index is 0.00000243. The van der Waals surface area contributed by atoms with Crippen molar-refractivity contribution in [1.29, 1.82) is 0 Å². The second kappa shape index (κ2) is 9.90. The van der Waals surface area contributed by atoms with Gasteiger partial charge in [-0.15, -0.1) is 12.4 Å². The summed E-state index contributed by atoms with van der Waals surface area (Å²) in [5.74, 6) is 1.99. The van der Waals surface area contributed by atoms with Crippen molar-refractivity contribution in [3.05, 3.63) is 0 Å². The first-order valence-electron chi connectivity index (χ1n) is 10.0. The molecule has 3 aliphatic rings. The minimum atomic E-state index is 0. The van der Waals surface area contributed by atoms with E-state index >= 15 is 0 Å². The number of hydrogen-bond donors (Lipinski definition) is 1. The van der Waals surface area contributed by atoms with E-state index in [-0.39, 0.29) is 24.2 Å². The van der Waals surface area contributed by atoms with Gasteiger partial charge in [-0.2, -0.15) is 0 Å². The monoisotopic (exact) mass is 386 g/mol. The average Bonchev–Trinajstić information content (AvgIpc) is 2.61. The molecule has 2 atom stereocenters. The van der Waals surface area contributed by atoms with Gasteiger partial charge in [-0.05, 0) is 44.2 Å². The highest BCUT2D eigenvalue weighted by atomic mass is 35.5. The Morgan fingerprint density at radius 3 is 2.08 bits per heavy atom. The van der Waals surface area contributed by atoms with Crippen LogP contribution in [-0.2, 0) is 9.59 Å². The fraction of sp³-hybridized carbons (Fsp3) is 0.895. The van der Waals surface area contributed by atoms with Gasteiger partial charge in [0.1, 0.15) is 0 Å². The molecule has 3 heterocycles. The smallest absolute Gasteiger partial charge is 0.236 e. The quantitative estimate of drug-likeness (QED) is 0.787. The summed E-state index contributed by atoms with van der Waals surface area (Å²) in [6.07, 6.45) is 3.15. The van der Waals surface area contributed by atoms with Crippen LogP contribution in [0.2, 0.25) is 0 Å². The summed E-state index contributed by atoms with van der Waals surface area (Å²) < 4.78 is 0. The van der Waals surface area contributed by atoms with Crippen LogP contribution >= 0.6 is 12.4 Å². The molecule has 0 aromatic carbocycles. The van der Waals surface area contributed by atoms with Gasteiger partial charge in [0.25, 0.3) is 0 Å². The topological polar surface area (TPSA) is 55.9 Å². The summed E-state index contributed by atoms with van der Waals surface area (Å²) in [7, 11) is 0. The predicted molar refractivity (Wildman–Crippen MR) is 105 cm³/mol. The molecular formula is C19H35ClN4O2. The Hall–Kier alpha value is -0.850. The van der Waals surface area contributed by atoms with Gasteiger partial charge < -0.3 is 15.1 Å². The van der Waals surface area contributed by atoms with E-state index in [0.717, 1.165) is 65.2 Å².